The SMILES string of the molecule is Cc1ccc(S(=O)(=O)N(CC(=O)NCc2cccc(CN3CCOCC3)c2)c2cccc(Cl)c2)cc1. The van der Waals surface area contributed by atoms with Crippen LogP contribution >= 0.6 is 11.6 Å². The molecule has 7 nitrogen and oxygen atoms in total. The maximum absolute atomic E-state index is 13.5. The van der Waals surface area contributed by atoms with Crippen LogP contribution in [0.25, 0.3) is 0 Å². The van der Waals surface area contributed by atoms with Crippen LogP contribution in [0.2, 0.25) is 5.02 Å². The number of aryl methyl sites for hydroxylation is 1. The molecule has 1 aliphatic heterocycles. The van der Waals surface area contributed by atoms with Crippen molar-refractivity contribution in [1.82, 2.24) is 10.2 Å². The molecule has 0 bridgehead atoms. The summed E-state index contributed by atoms with van der Waals surface area (Å²) in [6, 6.07) is 21.1. The van der Waals surface area contributed by atoms with Crippen LogP contribution in [0.15, 0.2) is 77.7 Å². The van der Waals surface area contributed by atoms with Crippen LogP contribution in [0.3, 0.4) is 0 Å². The Morgan fingerprint density at radius 1 is 1.00 bits per heavy atom. The molecular weight excluding hydrogens is 498 g/mol. The molecule has 0 atom stereocenters. The monoisotopic (exact) mass is 527 g/mol. The normalized spacial score (nSPS) is 14.4. The number of halogens is 1. The quantitative estimate of drug-likeness (QED) is 0.455. The lowest BCUT2D eigenvalue weighted by Crippen LogP contribution is -2.40. The summed E-state index contributed by atoms with van der Waals surface area (Å²) in [5.41, 5.74) is 3.37. The first kappa shape index (κ1) is 26.2. The molecule has 1 heterocycles. The lowest BCUT2D eigenvalue weighted by molar-refractivity contribution is -0.119. The molecule has 1 N–H and O–H groups in total. The summed E-state index contributed by atoms with van der Waals surface area (Å²) in [4.78, 5) is 15.4. The van der Waals surface area contributed by atoms with E-state index in [9.17, 15) is 13.2 Å². The van der Waals surface area contributed by atoms with Gasteiger partial charge in [0.1, 0.15) is 6.54 Å². The van der Waals surface area contributed by atoms with Crippen LogP contribution in [0, 0.1) is 6.92 Å². The van der Waals surface area contributed by atoms with Crippen molar-refractivity contribution in [2.75, 3.05) is 37.2 Å². The van der Waals surface area contributed by atoms with Crippen molar-refractivity contribution < 1.29 is 17.9 Å². The van der Waals surface area contributed by atoms with Gasteiger partial charge in [0.05, 0.1) is 23.8 Å². The standard InChI is InChI=1S/C27H30ClN3O4S/c1-21-8-10-26(11-9-21)36(33,34)31(25-7-3-6-24(28)17-25)20-27(32)29-18-22-4-2-5-23(16-22)19-30-12-14-35-15-13-30/h2-11,16-17H,12-15,18-20H2,1H3,(H,29,32). The Morgan fingerprint density at radius 2 is 1.69 bits per heavy atom. The van der Waals surface area contributed by atoms with E-state index in [0.717, 1.165) is 53.8 Å². The lowest BCUT2D eigenvalue weighted by atomic mass is 10.1. The lowest BCUT2D eigenvalue weighted by Gasteiger charge is -2.26. The highest BCUT2D eigenvalue weighted by atomic mass is 35.5. The van der Waals surface area contributed by atoms with Gasteiger partial charge in [-0.1, -0.05) is 59.6 Å². The van der Waals surface area contributed by atoms with Crippen molar-refractivity contribution >= 4 is 33.2 Å². The molecule has 0 saturated carbocycles. The molecule has 1 fully saturated rings. The van der Waals surface area contributed by atoms with Crippen molar-refractivity contribution in [1.29, 1.82) is 0 Å². The number of benzene rings is 3. The molecule has 0 radical (unpaired) electrons. The number of anilines is 1. The molecule has 0 spiro atoms. The van der Waals surface area contributed by atoms with Crippen LogP contribution in [-0.2, 0) is 32.6 Å². The molecule has 190 valence electrons. The average Bonchev–Trinajstić information content (AvgIpc) is 2.87. The molecule has 0 aromatic heterocycles. The van der Waals surface area contributed by atoms with Gasteiger partial charge >= 0.3 is 0 Å². The van der Waals surface area contributed by atoms with Crippen molar-refractivity contribution in [2.24, 2.45) is 0 Å². The second kappa shape index (κ2) is 11.9. The summed E-state index contributed by atoms with van der Waals surface area (Å²) in [7, 11) is -3.99. The first-order chi connectivity index (χ1) is 17.3. The summed E-state index contributed by atoms with van der Waals surface area (Å²) in [6.45, 7) is 5.91. The molecule has 0 aliphatic carbocycles. The van der Waals surface area contributed by atoms with E-state index in [1.54, 1.807) is 42.5 Å². The Balaban J connectivity index is 1.47. The summed E-state index contributed by atoms with van der Waals surface area (Å²) in [5, 5.41) is 3.25. The Kier molecular flexibility index (Phi) is 8.64. The zero-order valence-electron chi connectivity index (χ0n) is 20.2. The Bertz CT molecular complexity index is 1290. The van der Waals surface area contributed by atoms with Gasteiger partial charge in [0.25, 0.3) is 10.0 Å². The number of nitrogens with one attached hydrogen (secondary N) is 1. The third-order valence-electron chi connectivity index (χ3n) is 5.98. The van der Waals surface area contributed by atoms with E-state index in [1.807, 2.05) is 19.1 Å². The van der Waals surface area contributed by atoms with Gasteiger partial charge in [-0.15, -0.1) is 0 Å². The number of hydrogen-bond donors (Lipinski definition) is 1. The molecule has 1 aliphatic rings. The molecule has 3 aromatic rings. The van der Waals surface area contributed by atoms with Gasteiger partial charge in [0.15, 0.2) is 0 Å². The number of nitrogens with zero attached hydrogens (tertiary/aromatic N) is 2. The number of ether oxygens (including phenoxy) is 1. The minimum atomic E-state index is -3.99. The number of carbonyl (C=O) groups excluding carboxylic acids is 1. The first-order valence-corrected chi connectivity index (χ1v) is 13.6. The molecule has 3 aromatic carbocycles. The fourth-order valence-electron chi connectivity index (χ4n) is 4.03. The van der Waals surface area contributed by atoms with Crippen molar-refractivity contribution in [3.05, 3.63) is 94.5 Å². The van der Waals surface area contributed by atoms with Crippen molar-refractivity contribution in [3.63, 3.8) is 0 Å². The molecule has 36 heavy (non-hydrogen) atoms. The third kappa shape index (κ3) is 6.85. The third-order valence-corrected chi connectivity index (χ3v) is 8.01. The van der Waals surface area contributed by atoms with Crippen molar-refractivity contribution in [3.8, 4) is 0 Å². The Labute approximate surface area is 217 Å². The summed E-state index contributed by atoms with van der Waals surface area (Å²) < 4.78 is 33.5. The largest absolute Gasteiger partial charge is 0.379 e. The average molecular weight is 528 g/mol. The molecule has 4 rings (SSSR count). The molecular formula is C27H30ClN3O4S. The highest BCUT2D eigenvalue weighted by Gasteiger charge is 2.27. The minimum Gasteiger partial charge on any atom is -0.379 e. The van der Waals surface area contributed by atoms with E-state index in [0.29, 0.717) is 17.3 Å². The molecule has 1 saturated heterocycles. The van der Waals surface area contributed by atoms with Crippen LogP contribution in [0.5, 0.6) is 0 Å². The molecule has 9 heteroatoms. The van der Waals surface area contributed by atoms with E-state index in [2.05, 4.69) is 22.3 Å². The number of rotatable bonds is 9. The minimum absolute atomic E-state index is 0.108. The summed E-state index contributed by atoms with van der Waals surface area (Å²) in [5.74, 6) is -0.413. The fraction of sp³-hybridized carbons (Fsp3) is 0.296. The number of carbonyl (C=O) groups is 1. The highest BCUT2D eigenvalue weighted by Crippen LogP contribution is 2.26. The fourth-order valence-corrected chi connectivity index (χ4v) is 5.62. The molecule has 1 amide bonds. The van der Waals surface area contributed by atoms with E-state index >= 15 is 0 Å². The van der Waals surface area contributed by atoms with E-state index in [4.69, 9.17) is 16.3 Å². The first-order valence-electron chi connectivity index (χ1n) is 11.8. The maximum atomic E-state index is 13.5. The number of amides is 1. The van der Waals surface area contributed by atoms with Gasteiger partial charge in [-0.25, -0.2) is 8.42 Å². The Morgan fingerprint density at radius 3 is 2.42 bits per heavy atom. The molecule has 0 unspecified atom stereocenters. The number of sulfonamides is 1. The van der Waals surface area contributed by atoms with Gasteiger partial charge in [0.2, 0.25) is 5.91 Å². The summed E-state index contributed by atoms with van der Waals surface area (Å²) in [6.07, 6.45) is 0. The topological polar surface area (TPSA) is 79.0 Å². The van der Waals surface area contributed by atoms with Gasteiger partial charge in [-0.2, -0.15) is 0 Å². The predicted octanol–water partition coefficient (Wildman–Crippen LogP) is 3.99. The second-order valence-electron chi connectivity index (χ2n) is 8.79. The van der Waals surface area contributed by atoms with E-state index < -0.39 is 15.9 Å². The smallest absolute Gasteiger partial charge is 0.264 e. The summed E-state index contributed by atoms with van der Waals surface area (Å²) >= 11 is 6.14. The second-order valence-corrected chi connectivity index (χ2v) is 11.1. The van der Waals surface area contributed by atoms with Crippen molar-refractivity contribution in [2.45, 2.75) is 24.9 Å². The van der Waals surface area contributed by atoms with Crippen LogP contribution < -0.4 is 9.62 Å². The zero-order valence-corrected chi connectivity index (χ0v) is 21.8. The van der Waals surface area contributed by atoms with Gasteiger partial charge in [-0.05, 0) is 48.4 Å². The van der Waals surface area contributed by atoms with E-state index in [1.165, 1.54) is 6.07 Å². The maximum Gasteiger partial charge on any atom is 0.264 e. The van der Waals surface area contributed by atoms with Gasteiger partial charge in [-0.3, -0.25) is 14.0 Å². The highest BCUT2D eigenvalue weighted by molar-refractivity contribution is 7.92. The van der Waals surface area contributed by atoms with Crippen LogP contribution in [0.4, 0.5) is 5.69 Å². The van der Waals surface area contributed by atoms with Crippen LogP contribution in [0.1, 0.15) is 16.7 Å². The zero-order chi connectivity index (χ0) is 25.5. The predicted molar refractivity (Wildman–Crippen MR) is 142 cm³/mol. The number of morpholine rings is 1. The number of hydrogen-bond acceptors (Lipinski definition) is 5. The van der Waals surface area contributed by atoms with E-state index in [-0.39, 0.29) is 11.4 Å². The van der Waals surface area contributed by atoms with Gasteiger partial charge in [0, 0.05) is 31.2 Å². The Hall–Kier alpha value is -2.91. The van der Waals surface area contributed by atoms with Crippen LogP contribution in [-0.4, -0.2) is 52.1 Å². The van der Waals surface area contributed by atoms with Gasteiger partial charge < -0.3 is 10.1 Å².